The van der Waals surface area contributed by atoms with Crippen LogP contribution in [0.3, 0.4) is 0 Å². The van der Waals surface area contributed by atoms with Crippen molar-refractivity contribution in [3.05, 3.63) is 53.6 Å². The summed E-state index contributed by atoms with van der Waals surface area (Å²) in [4.78, 5) is 62.0. The number of piperidine rings is 2. The maximum absolute atomic E-state index is 11.2. The maximum atomic E-state index is 11.2. The summed E-state index contributed by atoms with van der Waals surface area (Å²) < 4.78 is 22.4. The highest BCUT2D eigenvalue weighted by Crippen LogP contribution is 2.15. The van der Waals surface area contributed by atoms with E-state index >= 15 is 0 Å². The van der Waals surface area contributed by atoms with E-state index < -0.39 is 65.6 Å². The molecule has 496 valence electrons. The van der Waals surface area contributed by atoms with Crippen molar-refractivity contribution >= 4 is 52.9 Å². The molecule has 28 heteroatoms. The lowest BCUT2D eigenvalue weighted by molar-refractivity contribution is -0.144. The number of anilines is 3. The molecule has 0 radical (unpaired) electrons. The number of alkyl halides is 2. The molecule has 0 aromatic heterocycles. The molecule has 4 fully saturated rings. The van der Waals surface area contributed by atoms with Crippen LogP contribution in [-0.2, 0) is 30.4 Å². The number of nitrogen functional groups attached to an aromatic ring is 3. The number of benzene rings is 2. The van der Waals surface area contributed by atoms with Crippen molar-refractivity contribution in [3.8, 4) is 0 Å². The van der Waals surface area contributed by atoms with Crippen LogP contribution < -0.4 is 66.7 Å². The van der Waals surface area contributed by atoms with Crippen LogP contribution in [-0.4, -0.2) is 161 Å². The van der Waals surface area contributed by atoms with Gasteiger partial charge in [-0.3, -0.25) is 48.0 Å². The van der Waals surface area contributed by atoms with Gasteiger partial charge in [0.05, 0.1) is 18.9 Å². The zero-order chi connectivity index (χ0) is 63.6. The van der Waals surface area contributed by atoms with E-state index in [9.17, 15) is 37.5 Å². The molecule has 0 saturated carbocycles. The quantitative estimate of drug-likeness (QED) is 0.0435. The van der Waals surface area contributed by atoms with Crippen LogP contribution >= 0.6 is 0 Å². The third-order valence-corrected chi connectivity index (χ3v) is 12.6. The van der Waals surface area contributed by atoms with Crippen LogP contribution in [0.25, 0.3) is 0 Å². The van der Waals surface area contributed by atoms with E-state index in [1.807, 2.05) is 0 Å². The highest BCUT2D eigenvalue weighted by Gasteiger charge is 2.35. The summed E-state index contributed by atoms with van der Waals surface area (Å²) in [7, 11) is 0. The average Bonchev–Trinajstić information content (AvgIpc) is 4.39. The fourth-order valence-electron chi connectivity index (χ4n) is 7.54. The summed E-state index contributed by atoms with van der Waals surface area (Å²) >= 11 is 0. The first kappa shape index (κ1) is 87.8. The first-order valence-corrected chi connectivity index (χ1v) is 29.0. The molecule has 2 aromatic carbocycles. The molecule has 4 heterocycles. The number of nitrogens with two attached hydrogens (primary N) is 7. The molecule has 4 aliphatic heterocycles. The molecule has 0 amide bonds. The normalized spacial score (nSPS) is 18.1. The fourth-order valence-corrected chi connectivity index (χ4v) is 7.54. The van der Waals surface area contributed by atoms with E-state index in [1.54, 1.807) is 24.3 Å². The molecular formula is C57H108F4N12O12. The maximum Gasteiger partial charge on any atom is 0.335 e. The molecule has 24 nitrogen and oxygen atoms in total. The van der Waals surface area contributed by atoms with Crippen LogP contribution in [0.5, 0.6) is 0 Å². The first-order valence-electron chi connectivity index (χ1n) is 29.0. The number of rotatable bonds is 21. The van der Waals surface area contributed by atoms with Crippen molar-refractivity contribution in [1.29, 1.82) is 0 Å². The van der Waals surface area contributed by atoms with E-state index in [0.29, 0.717) is 68.8 Å². The number of aliphatic carboxylic acids is 5. The van der Waals surface area contributed by atoms with Crippen molar-refractivity contribution in [1.82, 2.24) is 26.6 Å². The Morgan fingerprint density at radius 2 is 0.988 bits per heavy atom. The number of unbranched alkanes of at least 4 members (excludes halogenated alkanes) is 11. The van der Waals surface area contributed by atoms with Gasteiger partial charge in [-0.05, 0) is 107 Å². The SMILES string of the molecule is CCCCCCCCCC.CCCCCF.CCCCCF.F.F.NC1(C(=O)O)CCNCC1.NC1CCNC(C(=O)O)C1.NC1CNC(C(=O)O)C1.Nc1cc(N)cc(C(=O)O)c1.Nc1ccc(CC(N)C(=O)O)cc1.O=C(O)C1NCCN1. The number of hydrogen-bond donors (Lipinski definition) is 18. The third-order valence-electron chi connectivity index (χ3n) is 12.6. The molecule has 4 aliphatic rings. The molecular weight excluding hydrogens is 1120 g/mol. The fraction of sp³-hybridized carbons (Fsp3) is 0.684. The van der Waals surface area contributed by atoms with Gasteiger partial charge in [-0.15, -0.1) is 0 Å². The molecule has 85 heavy (non-hydrogen) atoms. The third kappa shape index (κ3) is 49.9. The van der Waals surface area contributed by atoms with Gasteiger partial charge in [-0.25, -0.2) is 9.59 Å². The van der Waals surface area contributed by atoms with E-state index in [2.05, 4.69) is 54.3 Å². The molecule has 5 unspecified atom stereocenters. The van der Waals surface area contributed by atoms with Crippen molar-refractivity contribution in [2.75, 3.05) is 69.8 Å². The number of carbonyl (C=O) groups is 6. The number of halogens is 4. The minimum absolute atomic E-state index is 0. The predicted molar refractivity (Wildman–Crippen MR) is 329 cm³/mol. The lowest BCUT2D eigenvalue weighted by atomic mass is 9.90. The Morgan fingerprint density at radius 1 is 0.565 bits per heavy atom. The summed E-state index contributed by atoms with van der Waals surface area (Å²) in [5, 5.41) is 65.1. The van der Waals surface area contributed by atoms with Crippen LogP contribution in [0.1, 0.15) is 166 Å². The molecule has 0 bridgehead atoms. The van der Waals surface area contributed by atoms with Gasteiger partial charge in [0.15, 0.2) is 6.17 Å². The Labute approximate surface area is 500 Å². The average molecular weight is 1230 g/mol. The lowest BCUT2D eigenvalue weighted by Crippen LogP contribution is -2.54. The van der Waals surface area contributed by atoms with Gasteiger partial charge in [0.2, 0.25) is 0 Å². The molecule has 0 aliphatic carbocycles. The van der Waals surface area contributed by atoms with Gasteiger partial charge in [0.1, 0.15) is 23.7 Å². The first-order chi connectivity index (χ1) is 39.3. The zero-order valence-electron chi connectivity index (χ0n) is 50.6. The number of nitrogens with one attached hydrogen (secondary N) is 5. The summed E-state index contributed by atoms with van der Waals surface area (Å²) in [5.74, 6) is -5.32. The van der Waals surface area contributed by atoms with Gasteiger partial charge in [-0.1, -0.05) is 117 Å². The second-order valence-corrected chi connectivity index (χ2v) is 20.3. The minimum Gasteiger partial charge on any atom is -0.480 e. The lowest BCUT2D eigenvalue weighted by Gasteiger charge is -2.29. The van der Waals surface area contributed by atoms with Gasteiger partial charge in [0, 0.05) is 48.8 Å². The van der Waals surface area contributed by atoms with E-state index in [0.717, 1.165) is 70.1 Å². The van der Waals surface area contributed by atoms with E-state index in [1.165, 1.54) is 69.6 Å². The number of aromatic carboxylic acids is 1. The van der Waals surface area contributed by atoms with Crippen molar-refractivity contribution in [2.45, 2.75) is 198 Å². The highest BCUT2D eigenvalue weighted by atomic mass is 19.1. The zero-order valence-corrected chi connectivity index (χ0v) is 50.6. The van der Waals surface area contributed by atoms with Crippen LogP contribution in [0, 0.1) is 0 Å². The molecule has 4 saturated heterocycles. The van der Waals surface area contributed by atoms with Gasteiger partial charge >= 0.3 is 35.8 Å². The number of carboxylic acids is 6. The smallest absolute Gasteiger partial charge is 0.335 e. The molecule has 5 atom stereocenters. The van der Waals surface area contributed by atoms with Crippen molar-refractivity contribution in [2.24, 2.45) is 22.9 Å². The Morgan fingerprint density at radius 3 is 1.28 bits per heavy atom. The molecule has 2 aromatic rings. The summed E-state index contributed by atoms with van der Waals surface area (Å²) in [5.41, 5.74) is 39.5. The Balaban J connectivity index is -0.000000284. The Kier molecular flexibility index (Phi) is 57.7. The summed E-state index contributed by atoms with van der Waals surface area (Å²) in [6.45, 7) is 12.6. The van der Waals surface area contributed by atoms with Gasteiger partial charge < -0.3 is 86.7 Å². The largest absolute Gasteiger partial charge is 0.480 e. The standard InChI is InChI=1S/C10H22.C9H12N2O2.C7H8N2O2.2C6H12N2O2.2C5H11F.C5H10N2O2.C4H8N2O2.2FH/c1-3-5-7-9-10-8-6-4-2;10-7-3-1-6(2-4-7)5-8(11)9(12)13;8-5-1-4(7(10)11)2-6(9)3-5;7-6(5(9)10)1-3-8-4-2-6;7-4-1-2-8-5(3-4)6(9)10;2*1-2-3-4-5-6;6-3-1-4(5(8)9)7-2-3;7-4(8)3-5-1-2-6-3;;/h3-10H2,1-2H3;1-4,8H,5,10-11H2,(H,12,13);1-3H,8-9H2,(H,10,11);8H,1-4,7H2,(H,9,10);4-5,8H,1-3,7H2,(H,9,10);2*2-5H2,1H3;3-4,7H,1-2,6H2,(H,8,9);3,5-6H,1-2H2,(H,7,8);2*1H. The molecule has 0 spiro atoms. The second kappa shape index (κ2) is 55.9. The summed E-state index contributed by atoms with van der Waals surface area (Å²) in [6, 6.07) is 9.62. The number of carboxylic acid groups (broad SMARTS) is 6. The Hall–Kier alpha value is -5.98. The topological polar surface area (TPSA) is 466 Å². The van der Waals surface area contributed by atoms with Crippen molar-refractivity contribution < 1.29 is 77.6 Å². The Bertz CT molecular complexity index is 1970. The van der Waals surface area contributed by atoms with Gasteiger partial charge in [0.25, 0.3) is 0 Å². The van der Waals surface area contributed by atoms with Crippen LogP contribution in [0.2, 0.25) is 0 Å². The predicted octanol–water partition coefficient (Wildman–Crippen LogP) is 5.17. The van der Waals surface area contributed by atoms with Crippen LogP contribution in [0.4, 0.5) is 35.3 Å². The van der Waals surface area contributed by atoms with Gasteiger partial charge in [-0.2, -0.15) is 0 Å². The minimum atomic E-state index is -1.02. The van der Waals surface area contributed by atoms with Crippen LogP contribution in [0.15, 0.2) is 42.5 Å². The van der Waals surface area contributed by atoms with E-state index in [4.69, 9.17) is 70.8 Å². The molecule has 6 rings (SSSR count). The highest BCUT2D eigenvalue weighted by molar-refractivity contribution is 5.90. The summed E-state index contributed by atoms with van der Waals surface area (Å²) in [6.07, 6.45) is 20.1. The second-order valence-electron chi connectivity index (χ2n) is 20.3. The van der Waals surface area contributed by atoms with E-state index in [-0.39, 0.29) is 40.4 Å². The molecule has 25 N–H and O–H groups in total. The number of hydrogen-bond acceptors (Lipinski definition) is 18. The monoisotopic (exact) mass is 1230 g/mol. The van der Waals surface area contributed by atoms with Crippen molar-refractivity contribution in [3.63, 3.8) is 0 Å².